The molecule has 0 aliphatic carbocycles. The first-order valence-electron chi connectivity index (χ1n) is 7.57. The maximum Gasteiger partial charge on any atom is 0.309 e. The number of fused-ring (bicyclic) bond motifs is 1. The van der Waals surface area contributed by atoms with Crippen LogP contribution in [0, 0.1) is 5.92 Å². The molecular weight excluding hydrogens is 268 g/mol. The lowest BCUT2D eigenvalue weighted by Crippen LogP contribution is -2.26. The molecule has 1 aliphatic rings. The standard InChI is InChI=1S/C17H24O4/c1-4-5-8-13(16(19)20)14(18)12-9-6-7-11-10-17(2,3)21-15(11)12/h6-7,9,13-14,18H,4-5,8,10H2,1-3H3,(H,19,20). The summed E-state index contributed by atoms with van der Waals surface area (Å²) in [5.41, 5.74) is 1.33. The van der Waals surface area contributed by atoms with E-state index in [1.165, 1.54) is 0 Å². The molecule has 0 saturated heterocycles. The first-order chi connectivity index (χ1) is 9.85. The number of aliphatic hydroxyl groups excluding tert-OH is 1. The van der Waals surface area contributed by atoms with Crippen LogP contribution < -0.4 is 4.74 Å². The number of carboxylic acids is 1. The molecule has 2 unspecified atom stereocenters. The van der Waals surface area contributed by atoms with Crippen LogP contribution in [-0.4, -0.2) is 21.8 Å². The summed E-state index contributed by atoms with van der Waals surface area (Å²) < 4.78 is 5.93. The Morgan fingerprint density at radius 2 is 2.14 bits per heavy atom. The van der Waals surface area contributed by atoms with Crippen LogP contribution in [0.3, 0.4) is 0 Å². The zero-order chi connectivity index (χ0) is 15.6. The van der Waals surface area contributed by atoms with Crippen molar-refractivity contribution in [2.75, 3.05) is 0 Å². The molecule has 0 bridgehead atoms. The number of ether oxygens (including phenoxy) is 1. The topological polar surface area (TPSA) is 66.8 Å². The second-order valence-electron chi connectivity index (χ2n) is 6.41. The summed E-state index contributed by atoms with van der Waals surface area (Å²) in [6, 6.07) is 5.61. The van der Waals surface area contributed by atoms with Crippen LogP contribution in [0.15, 0.2) is 18.2 Å². The van der Waals surface area contributed by atoms with Gasteiger partial charge in [-0.15, -0.1) is 0 Å². The van der Waals surface area contributed by atoms with Crippen molar-refractivity contribution < 1.29 is 19.7 Å². The Kier molecular flexibility index (Phi) is 4.57. The van der Waals surface area contributed by atoms with Gasteiger partial charge >= 0.3 is 5.97 Å². The zero-order valence-electron chi connectivity index (χ0n) is 12.9. The van der Waals surface area contributed by atoms with Crippen molar-refractivity contribution in [3.8, 4) is 5.75 Å². The van der Waals surface area contributed by atoms with E-state index in [1.54, 1.807) is 6.07 Å². The lowest BCUT2D eigenvalue weighted by Gasteiger charge is -2.23. The van der Waals surface area contributed by atoms with Gasteiger partial charge in [-0.2, -0.15) is 0 Å². The number of para-hydroxylation sites is 1. The molecule has 4 heteroatoms. The van der Waals surface area contributed by atoms with Crippen molar-refractivity contribution in [3.63, 3.8) is 0 Å². The maximum atomic E-state index is 11.4. The fourth-order valence-electron chi connectivity index (χ4n) is 2.93. The predicted octanol–water partition coefficient (Wildman–Crippen LogP) is 3.32. The Morgan fingerprint density at radius 1 is 1.43 bits per heavy atom. The van der Waals surface area contributed by atoms with Crippen molar-refractivity contribution in [3.05, 3.63) is 29.3 Å². The maximum absolute atomic E-state index is 11.4. The van der Waals surface area contributed by atoms with E-state index in [-0.39, 0.29) is 5.60 Å². The summed E-state index contributed by atoms with van der Waals surface area (Å²) in [6.45, 7) is 6.00. The second kappa shape index (κ2) is 6.06. The Morgan fingerprint density at radius 3 is 2.76 bits per heavy atom. The van der Waals surface area contributed by atoms with E-state index < -0.39 is 18.0 Å². The van der Waals surface area contributed by atoms with Crippen molar-refractivity contribution >= 4 is 5.97 Å². The molecule has 0 spiro atoms. The van der Waals surface area contributed by atoms with Gasteiger partial charge in [0.2, 0.25) is 0 Å². The molecule has 0 fully saturated rings. The average molecular weight is 292 g/mol. The molecule has 1 aliphatic heterocycles. The fraction of sp³-hybridized carbons (Fsp3) is 0.588. The summed E-state index contributed by atoms with van der Waals surface area (Å²) in [5, 5.41) is 19.9. The molecule has 1 aromatic rings. The van der Waals surface area contributed by atoms with E-state index in [1.807, 2.05) is 32.9 Å². The summed E-state index contributed by atoms with van der Waals surface area (Å²) >= 11 is 0. The molecule has 1 heterocycles. The van der Waals surface area contributed by atoms with Gasteiger partial charge in [-0.05, 0) is 25.8 Å². The van der Waals surface area contributed by atoms with Crippen LogP contribution in [0.5, 0.6) is 5.75 Å². The highest BCUT2D eigenvalue weighted by molar-refractivity contribution is 5.71. The number of unbranched alkanes of at least 4 members (excludes halogenated alkanes) is 1. The minimum atomic E-state index is -1.03. The molecular formula is C17H24O4. The molecule has 0 saturated carbocycles. The number of hydrogen-bond donors (Lipinski definition) is 2. The fourth-order valence-corrected chi connectivity index (χ4v) is 2.93. The van der Waals surface area contributed by atoms with Gasteiger partial charge in [0.05, 0.1) is 12.0 Å². The summed E-state index contributed by atoms with van der Waals surface area (Å²) in [5.74, 6) is -1.08. The smallest absolute Gasteiger partial charge is 0.309 e. The highest BCUT2D eigenvalue weighted by Gasteiger charge is 2.36. The molecule has 21 heavy (non-hydrogen) atoms. The summed E-state index contributed by atoms with van der Waals surface area (Å²) in [6.07, 6.45) is 1.91. The third-order valence-electron chi connectivity index (χ3n) is 4.01. The number of aliphatic hydroxyl groups is 1. The van der Waals surface area contributed by atoms with Gasteiger partial charge < -0.3 is 14.9 Å². The lowest BCUT2D eigenvalue weighted by molar-refractivity contribution is -0.146. The van der Waals surface area contributed by atoms with Gasteiger partial charge in [0.15, 0.2) is 0 Å². The molecule has 2 N–H and O–H groups in total. The lowest BCUT2D eigenvalue weighted by atomic mass is 9.89. The van der Waals surface area contributed by atoms with E-state index in [0.29, 0.717) is 17.7 Å². The molecule has 4 nitrogen and oxygen atoms in total. The predicted molar refractivity (Wildman–Crippen MR) is 80.5 cm³/mol. The monoisotopic (exact) mass is 292 g/mol. The highest BCUT2D eigenvalue weighted by Crippen LogP contribution is 2.42. The van der Waals surface area contributed by atoms with E-state index in [9.17, 15) is 15.0 Å². The molecule has 0 radical (unpaired) electrons. The van der Waals surface area contributed by atoms with Crippen LogP contribution in [0.25, 0.3) is 0 Å². The van der Waals surface area contributed by atoms with Crippen LogP contribution in [0.4, 0.5) is 0 Å². The van der Waals surface area contributed by atoms with E-state index in [2.05, 4.69) is 0 Å². The average Bonchev–Trinajstić information content (AvgIpc) is 2.71. The van der Waals surface area contributed by atoms with Crippen LogP contribution >= 0.6 is 0 Å². The quantitative estimate of drug-likeness (QED) is 0.844. The summed E-state index contributed by atoms with van der Waals surface area (Å²) in [4.78, 5) is 11.4. The van der Waals surface area contributed by atoms with Gasteiger partial charge in [-0.25, -0.2) is 0 Å². The van der Waals surface area contributed by atoms with Crippen molar-refractivity contribution in [2.24, 2.45) is 5.92 Å². The SMILES string of the molecule is CCCCC(C(=O)O)C(O)c1cccc2c1OC(C)(C)C2. The molecule has 2 atom stereocenters. The van der Waals surface area contributed by atoms with E-state index in [4.69, 9.17) is 4.74 Å². The Hall–Kier alpha value is -1.55. The highest BCUT2D eigenvalue weighted by atomic mass is 16.5. The van der Waals surface area contributed by atoms with Crippen molar-refractivity contribution in [1.29, 1.82) is 0 Å². The van der Waals surface area contributed by atoms with Gasteiger partial charge in [-0.1, -0.05) is 38.0 Å². The number of rotatable bonds is 6. The minimum Gasteiger partial charge on any atom is -0.487 e. The van der Waals surface area contributed by atoms with Gasteiger partial charge in [0.1, 0.15) is 11.4 Å². The minimum absolute atomic E-state index is 0.305. The molecule has 0 amide bonds. The van der Waals surface area contributed by atoms with Crippen LogP contribution in [0.1, 0.15) is 57.3 Å². The van der Waals surface area contributed by atoms with Crippen molar-refractivity contribution in [1.82, 2.24) is 0 Å². The normalized spacial score (nSPS) is 18.7. The molecule has 1 aromatic carbocycles. The summed E-state index contributed by atoms with van der Waals surface area (Å²) in [7, 11) is 0. The second-order valence-corrected chi connectivity index (χ2v) is 6.41. The van der Waals surface area contributed by atoms with Gasteiger partial charge in [0, 0.05) is 12.0 Å². The largest absolute Gasteiger partial charge is 0.487 e. The zero-order valence-corrected chi connectivity index (χ0v) is 12.9. The number of hydrogen-bond acceptors (Lipinski definition) is 3. The van der Waals surface area contributed by atoms with E-state index in [0.717, 1.165) is 24.8 Å². The Balaban J connectivity index is 2.30. The third kappa shape index (κ3) is 3.38. The Labute approximate surface area is 125 Å². The van der Waals surface area contributed by atoms with Crippen LogP contribution in [0.2, 0.25) is 0 Å². The van der Waals surface area contributed by atoms with Crippen LogP contribution in [-0.2, 0) is 11.2 Å². The van der Waals surface area contributed by atoms with Gasteiger partial charge in [0.25, 0.3) is 0 Å². The number of benzene rings is 1. The molecule has 0 aromatic heterocycles. The first-order valence-corrected chi connectivity index (χ1v) is 7.57. The Bertz CT molecular complexity index is 522. The van der Waals surface area contributed by atoms with Crippen molar-refractivity contribution in [2.45, 2.75) is 58.2 Å². The molecule has 116 valence electrons. The number of carboxylic acid groups (broad SMARTS) is 1. The third-order valence-corrected chi connectivity index (χ3v) is 4.01. The number of aliphatic carboxylic acids is 1. The van der Waals surface area contributed by atoms with Gasteiger partial charge in [-0.3, -0.25) is 4.79 Å². The molecule has 2 rings (SSSR count). The first kappa shape index (κ1) is 15.8. The van der Waals surface area contributed by atoms with E-state index >= 15 is 0 Å². The number of carbonyl (C=O) groups is 1.